The zero-order chi connectivity index (χ0) is 13.5. The van der Waals surface area contributed by atoms with E-state index in [-0.39, 0.29) is 11.5 Å². The zero-order valence-corrected chi connectivity index (χ0v) is 12.7. The van der Waals surface area contributed by atoms with E-state index in [1.165, 1.54) is 25.7 Å². The average Bonchev–Trinajstić information content (AvgIpc) is 2.65. The molecule has 2 rings (SSSR count). The molecule has 18 heavy (non-hydrogen) atoms. The van der Waals surface area contributed by atoms with Gasteiger partial charge in [0.2, 0.25) is 0 Å². The van der Waals surface area contributed by atoms with Gasteiger partial charge < -0.3 is 0 Å². The predicted octanol–water partition coefficient (Wildman–Crippen LogP) is 3.64. The molecule has 0 bridgehead atoms. The summed E-state index contributed by atoms with van der Waals surface area (Å²) in [6.07, 6.45) is 6.46. The lowest BCUT2D eigenvalue weighted by molar-refractivity contribution is -0.132. The van der Waals surface area contributed by atoms with Gasteiger partial charge in [-0.1, -0.05) is 33.6 Å². The van der Waals surface area contributed by atoms with Gasteiger partial charge in [-0.05, 0) is 39.0 Å². The minimum absolute atomic E-state index is 0.179. The van der Waals surface area contributed by atoms with Crippen LogP contribution in [0.2, 0.25) is 0 Å². The van der Waals surface area contributed by atoms with Gasteiger partial charge in [-0.15, -0.1) is 0 Å². The summed E-state index contributed by atoms with van der Waals surface area (Å²) in [6, 6.07) is 1.35. The second kappa shape index (κ2) is 4.96. The van der Waals surface area contributed by atoms with Crippen molar-refractivity contribution in [1.29, 1.82) is 0 Å². The largest absolute Gasteiger partial charge is 0.297 e. The van der Waals surface area contributed by atoms with E-state index in [9.17, 15) is 4.79 Å². The molecule has 104 valence electrons. The van der Waals surface area contributed by atoms with Gasteiger partial charge in [-0.3, -0.25) is 9.69 Å². The van der Waals surface area contributed by atoms with Crippen molar-refractivity contribution in [2.24, 2.45) is 11.3 Å². The third-order valence-corrected chi connectivity index (χ3v) is 4.78. The number of nitrogens with zero attached hydrogens (tertiary/aromatic N) is 1. The molecule has 0 radical (unpaired) electrons. The Kier molecular flexibility index (Phi) is 3.87. The van der Waals surface area contributed by atoms with Crippen molar-refractivity contribution in [3.63, 3.8) is 0 Å². The predicted molar refractivity (Wildman–Crippen MR) is 75.6 cm³/mol. The Bertz CT molecular complexity index is 316. The zero-order valence-electron chi connectivity index (χ0n) is 12.7. The molecule has 0 spiro atoms. The molecule has 1 aliphatic heterocycles. The number of fused-ring (bicyclic) bond motifs is 1. The molecule has 0 amide bonds. The van der Waals surface area contributed by atoms with E-state index >= 15 is 0 Å². The van der Waals surface area contributed by atoms with Crippen LogP contribution in [0.1, 0.15) is 66.7 Å². The lowest BCUT2D eigenvalue weighted by Crippen LogP contribution is -2.49. The van der Waals surface area contributed by atoms with Crippen LogP contribution in [-0.2, 0) is 4.79 Å². The van der Waals surface area contributed by atoms with Crippen molar-refractivity contribution in [1.82, 2.24) is 4.90 Å². The van der Waals surface area contributed by atoms with Crippen LogP contribution in [0.3, 0.4) is 0 Å². The SMILES string of the molecule is CC(C)N1C(C(=O)C(C)(C)C)CC2CCCCC21. The van der Waals surface area contributed by atoms with Crippen LogP contribution in [0.25, 0.3) is 0 Å². The van der Waals surface area contributed by atoms with E-state index < -0.39 is 0 Å². The maximum absolute atomic E-state index is 12.7. The van der Waals surface area contributed by atoms with Gasteiger partial charge in [0.15, 0.2) is 5.78 Å². The Balaban J connectivity index is 2.21. The number of carbonyl (C=O) groups excluding carboxylic acids is 1. The third-order valence-electron chi connectivity index (χ3n) is 4.78. The second-order valence-corrected chi connectivity index (χ2v) is 7.52. The molecule has 1 heterocycles. The van der Waals surface area contributed by atoms with Crippen LogP contribution in [0.4, 0.5) is 0 Å². The molecule has 3 atom stereocenters. The third kappa shape index (κ3) is 2.49. The Hall–Kier alpha value is -0.370. The molecule has 0 aromatic rings. The highest BCUT2D eigenvalue weighted by atomic mass is 16.1. The fourth-order valence-electron chi connectivity index (χ4n) is 3.98. The molecule has 3 unspecified atom stereocenters. The lowest BCUT2D eigenvalue weighted by Gasteiger charge is -2.37. The molecule has 0 aromatic carbocycles. The van der Waals surface area contributed by atoms with Crippen LogP contribution < -0.4 is 0 Å². The fraction of sp³-hybridized carbons (Fsp3) is 0.938. The van der Waals surface area contributed by atoms with E-state index in [4.69, 9.17) is 0 Å². The first-order valence-corrected chi connectivity index (χ1v) is 7.64. The number of Topliss-reactive ketones (excluding diaryl/α,β-unsaturated/α-hetero) is 1. The summed E-state index contributed by atoms with van der Waals surface area (Å²) < 4.78 is 0. The molecule has 1 saturated carbocycles. The summed E-state index contributed by atoms with van der Waals surface area (Å²) in [7, 11) is 0. The van der Waals surface area contributed by atoms with Crippen LogP contribution in [-0.4, -0.2) is 28.8 Å². The van der Waals surface area contributed by atoms with Crippen molar-refractivity contribution in [3.05, 3.63) is 0 Å². The maximum Gasteiger partial charge on any atom is 0.155 e. The molecule has 2 aliphatic rings. The number of carbonyl (C=O) groups is 1. The van der Waals surface area contributed by atoms with Crippen molar-refractivity contribution in [3.8, 4) is 0 Å². The summed E-state index contributed by atoms with van der Waals surface area (Å²) in [5.41, 5.74) is -0.203. The van der Waals surface area contributed by atoms with E-state index in [2.05, 4.69) is 39.5 Å². The Morgan fingerprint density at radius 3 is 2.33 bits per heavy atom. The summed E-state index contributed by atoms with van der Waals surface area (Å²) in [5, 5.41) is 0. The Labute approximate surface area is 112 Å². The molecule has 2 fully saturated rings. The van der Waals surface area contributed by atoms with Crippen molar-refractivity contribution in [2.75, 3.05) is 0 Å². The Morgan fingerprint density at radius 1 is 1.17 bits per heavy atom. The maximum atomic E-state index is 12.7. The van der Waals surface area contributed by atoms with E-state index in [0.29, 0.717) is 17.9 Å². The van der Waals surface area contributed by atoms with E-state index in [0.717, 1.165) is 12.3 Å². The molecular weight excluding hydrogens is 222 g/mol. The number of likely N-dealkylation sites (tertiary alicyclic amines) is 1. The highest BCUT2D eigenvalue weighted by molar-refractivity contribution is 5.89. The van der Waals surface area contributed by atoms with Crippen LogP contribution in [0.15, 0.2) is 0 Å². The van der Waals surface area contributed by atoms with Crippen molar-refractivity contribution >= 4 is 5.78 Å². The van der Waals surface area contributed by atoms with Gasteiger partial charge in [-0.25, -0.2) is 0 Å². The monoisotopic (exact) mass is 251 g/mol. The molecular formula is C16H29NO. The minimum Gasteiger partial charge on any atom is -0.297 e. The molecule has 2 nitrogen and oxygen atoms in total. The van der Waals surface area contributed by atoms with Crippen molar-refractivity contribution < 1.29 is 4.79 Å². The normalized spacial score (nSPS) is 33.8. The average molecular weight is 251 g/mol. The van der Waals surface area contributed by atoms with Gasteiger partial charge in [0.05, 0.1) is 6.04 Å². The smallest absolute Gasteiger partial charge is 0.155 e. The second-order valence-electron chi connectivity index (χ2n) is 7.52. The highest BCUT2D eigenvalue weighted by Crippen LogP contribution is 2.42. The standard InChI is InChI=1S/C16H29NO/c1-11(2)17-13-9-7-6-8-12(13)10-14(17)15(18)16(3,4)5/h11-14H,6-10H2,1-5H3. The van der Waals surface area contributed by atoms with Crippen LogP contribution in [0, 0.1) is 11.3 Å². The summed E-state index contributed by atoms with van der Waals surface area (Å²) in [4.78, 5) is 15.2. The molecule has 1 saturated heterocycles. The van der Waals surface area contributed by atoms with Gasteiger partial charge >= 0.3 is 0 Å². The Morgan fingerprint density at radius 2 is 1.78 bits per heavy atom. The number of hydrogen-bond acceptors (Lipinski definition) is 2. The van der Waals surface area contributed by atoms with Crippen molar-refractivity contribution in [2.45, 2.75) is 84.8 Å². The molecule has 0 aromatic heterocycles. The molecule has 1 aliphatic carbocycles. The first-order chi connectivity index (χ1) is 8.32. The number of ketones is 1. The first kappa shape index (κ1) is 14.0. The van der Waals surface area contributed by atoms with Gasteiger partial charge in [-0.2, -0.15) is 0 Å². The minimum atomic E-state index is -0.203. The number of hydrogen-bond donors (Lipinski definition) is 0. The summed E-state index contributed by atoms with van der Waals surface area (Å²) in [6.45, 7) is 10.7. The van der Waals surface area contributed by atoms with Gasteiger partial charge in [0.25, 0.3) is 0 Å². The van der Waals surface area contributed by atoms with Gasteiger partial charge in [0.1, 0.15) is 0 Å². The topological polar surface area (TPSA) is 20.3 Å². The van der Waals surface area contributed by atoms with Crippen LogP contribution in [0.5, 0.6) is 0 Å². The first-order valence-electron chi connectivity index (χ1n) is 7.64. The molecule has 0 N–H and O–H groups in total. The lowest BCUT2D eigenvalue weighted by atomic mass is 9.82. The number of rotatable bonds is 2. The quantitative estimate of drug-likeness (QED) is 0.747. The van der Waals surface area contributed by atoms with E-state index in [1.807, 2.05) is 0 Å². The summed E-state index contributed by atoms with van der Waals surface area (Å²) >= 11 is 0. The fourth-order valence-corrected chi connectivity index (χ4v) is 3.98. The van der Waals surface area contributed by atoms with Gasteiger partial charge in [0, 0.05) is 17.5 Å². The highest BCUT2D eigenvalue weighted by Gasteiger charge is 2.47. The molecule has 2 heteroatoms. The van der Waals surface area contributed by atoms with Crippen LogP contribution >= 0.6 is 0 Å². The van der Waals surface area contributed by atoms with E-state index in [1.54, 1.807) is 0 Å². The summed E-state index contributed by atoms with van der Waals surface area (Å²) in [5.74, 6) is 1.23.